The number of ether oxygens (including phenoxy) is 3. The number of nitrogens with one attached hydrogen (secondary N) is 1. The van der Waals surface area contributed by atoms with E-state index >= 15 is 0 Å². The largest absolute Gasteiger partial charge is 0.491 e. The van der Waals surface area contributed by atoms with Crippen molar-refractivity contribution in [3.05, 3.63) is 59.7 Å². The number of thiocarbonyl (C=S) groups is 1. The second-order valence-corrected chi connectivity index (χ2v) is 5.87. The third-order valence-electron chi connectivity index (χ3n) is 3.23. The van der Waals surface area contributed by atoms with Crippen LogP contribution in [0.15, 0.2) is 53.6 Å². The molecule has 0 heterocycles. The van der Waals surface area contributed by atoms with Gasteiger partial charge >= 0.3 is 0 Å². The van der Waals surface area contributed by atoms with Crippen LogP contribution in [-0.2, 0) is 4.74 Å². The molecule has 2 aromatic rings. The topological polar surface area (TPSA) is 78.1 Å². The fourth-order valence-corrected chi connectivity index (χ4v) is 2.15. The molecule has 0 fully saturated rings. The average molecular weight is 373 g/mol. The number of benzene rings is 2. The Balaban J connectivity index is 1.61. The van der Waals surface area contributed by atoms with Crippen LogP contribution in [0.4, 0.5) is 0 Å². The third-order valence-corrected chi connectivity index (χ3v) is 3.32. The lowest BCUT2D eigenvalue weighted by molar-refractivity contribution is 0.0764. The molecule has 2 rings (SSSR count). The zero-order valence-electron chi connectivity index (χ0n) is 14.7. The van der Waals surface area contributed by atoms with Crippen LogP contribution < -0.4 is 20.6 Å². The highest BCUT2D eigenvalue weighted by molar-refractivity contribution is 7.80. The van der Waals surface area contributed by atoms with Gasteiger partial charge in [0.15, 0.2) is 5.11 Å². The number of nitrogens with zero attached hydrogens (tertiary/aromatic N) is 1. The molecule has 3 N–H and O–H groups in total. The predicted molar refractivity (Wildman–Crippen MR) is 107 cm³/mol. The molecule has 0 unspecified atom stereocenters. The van der Waals surface area contributed by atoms with Crippen LogP contribution in [0, 0.1) is 6.92 Å². The maximum atomic E-state index is 5.66. The van der Waals surface area contributed by atoms with E-state index in [4.69, 9.17) is 19.9 Å². The van der Waals surface area contributed by atoms with Crippen molar-refractivity contribution in [3.63, 3.8) is 0 Å². The number of hydrogen-bond acceptors (Lipinski definition) is 5. The fourth-order valence-electron chi connectivity index (χ4n) is 2.10. The average Bonchev–Trinajstić information content (AvgIpc) is 2.61. The fraction of sp³-hybridized carbons (Fsp3) is 0.263. The zero-order valence-corrected chi connectivity index (χ0v) is 15.5. The number of hydrazone groups is 1. The Kier molecular flexibility index (Phi) is 8.38. The van der Waals surface area contributed by atoms with Gasteiger partial charge in [-0.05, 0) is 54.5 Å². The van der Waals surface area contributed by atoms with Gasteiger partial charge in [-0.3, -0.25) is 5.43 Å². The number of rotatable bonds is 10. The standard InChI is InChI=1S/C19H23N3O3S/c1-15-4-2-6-17(12-15)24-10-8-23-9-11-25-18-7-3-5-16(13-18)14-21-22-19(20)26/h2-7,12-14H,8-11H2,1H3,(H3,20,22,26)/b21-14-. The molecule has 0 atom stereocenters. The minimum absolute atomic E-state index is 0.122. The first-order valence-corrected chi connectivity index (χ1v) is 8.63. The van der Waals surface area contributed by atoms with Crippen molar-refractivity contribution in [1.29, 1.82) is 0 Å². The quantitative estimate of drug-likeness (QED) is 0.289. The molecule has 0 saturated heterocycles. The highest BCUT2D eigenvalue weighted by Gasteiger charge is 1.97. The van der Waals surface area contributed by atoms with Gasteiger partial charge in [-0.1, -0.05) is 24.3 Å². The summed E-state index contributed by atoms with van der Waals surface area (Å²) in [7, 11) is 0. The van der Waals surface area contributed by atoms with E-state index in [0.29, 0.717) is 26.4 Å². The van der Waals surface area contributed by atoms with Crippen LogP contribution in [0.2, 0.25) is 0 Å². The molecule has 6 nitrogen and oxygen atoms in total. The summed E-state index contributed by atoms with van der Waals surface area (Å²) in [5, 5.41) is 4.03. The molecule has 0 aromatic heterocycles. The monoisotopic (exact) mass is 373 g/mol. The van der Waals surface area contributed by atoms with Gasteiger partial charge in [-0.2, -0.15) is 5.10 Å². The molecule has 0 radical (unpaired) electrons. The summed E-state index contributed by atoms with van der Waals surface area (Å²) in [5.74, 6) is 1.59. The van der Waals surface area contributed by atoms with E-state index in [9.17, 15) is 0 Å². The highest BCUT2D eigenvalue weighted by Crippen LogP contribution is 2.13. The van der Waals surface area contributed by atoms with E-state index in [-0.39, 0.29) is 5.11 Å². The predicted octanol–water partition coefficient (Wildman–Crippen LogP) is 2.64. The lowest BCUT2D eigenvalue weighted by atomic mass is 10.2. The second kappa shape index (κ2) is 11.1. The van der Waals surface area contributed by atoms with E-state index in [2.05, 4.69) is 22.7 Å². The maximum Gasteiger partial charge on any atom is 0.184 e. The minimum atomic E-state index is 0.122. The number of hydrogen-bond donors (Lipinski definition) is 2. The van der Waals surface area contributed by atoms with Gasteiger partial charge in [0.05, 0.1) is 19.4 Å². The van der Waals surface area contributed by atoms with Gasteiger partial charge in [0, 0.05) is 0 Å². The number of nitrogens with two attached hydrogens (primary N) is 1. The Morgan fingerprint density at radius 1 is 1.04 bits per heavy atom. The zero-order chi connectivity index (χ0) is 18.6. The Bertz CT molecular complexity index is 737. The van der Waals surface area contributed by atoms with Crippen molar-refractivity contribution in [3.8, 4) is 11.5 Å². The summed E-state index contributed by atoms with van der Waals surface area (Å²) in [6.07, 6.45) is 1.62. The van der Waals surface area contributed by atoms with Crippen LogP contribution in [-0.4, -0.2) is 37.8 Å². The summed E-state index contributed by atoms with van der Waals surface area (Å²) in [6, 6.07) is 15.5. The summed E-state index contributed by atoms with van der Waals surface area (Å²) >= 11 is 4.68. The van der Waals surface area contributed by atoms with Gasteiger partial charge in [0.2, 0.25) is 0 Å². The number of aryl methyl sites for hydroxylation is 1. The molecule has 0 saturated carbocycles. The molecular weight excluding hydrogens is 350 g/mol. The Hall–Kier alpha value is -2.64. The van der Waals surface area contributed by atoms with E-state index in [0.717, 1.165) is 17.1 Å². The van der Waals surface area contributed by atoms with Gasteiger partial charge in [0.1, 0.15) is 24.7 Å². The molecule has 0 amide bonds. The van der Waals surface area contributed by atoms with Crippen molar-refractivity contribution in [2.75, 3.05) is 26.4 Å². The normalized spacial score (nSPS) is 10.7. The Morgan fingerprint density at radius 3 is 2.35 bits per heavy atom. The van der Waals surface area contributed by atoms with E-state index < -0.39 is 0 Å². The van der Waals surface area contributed by atoms with Gasteiger partial charge in [-0.15, -0.1) is 0 Å². The summed E-state index contributed by atoms with van der Waals surface area (Å²) in [5.41, 5.74) is 9.85. The summed E-state index contributed by atoms with van der Waals surface area (Å²) in [4.78, 5) is 0. The van der Waals surface area contributed by atoms with E-state index in [1.165, 1.54) is 5.56 Å². The molecule has 0 aliphatic heterocycles. The van der Waals surface area contributed by atoms with Crippen molar-refractivity contribution < 1.29 is 14.2 Å². The van der Waals surface area contributed by atoms with E-state index in [1.807, 2.05) is 55.5 Å². The molecule has 138 valence electrons. The van der Waals surface area contributed by atoms with Crippen LogP contribution in [0.5, 0.6) is 11.5 Å². The van der Waals surface area contributed by atoms with Crippen molar-refractivity contribution in [1.82, 2.24) is 5.43 Å². The van der Waals surface area contributed by atoms with Gasteiger partial charge in [-0.25, -0.2) is 0 Å². The first kappa shape index (κ1) is 19.7. The van der Waals surface area contributed by atoms with Crippen molar-refractivity contribution >= 4 is 23.5 Å². The summed E-state index contributed by atoms with van der Waals surface area (Å²) in [6.45, 7) is 3.99. The molecule has 26 heavy (non-hydrogen) atoms. The van der Waals surface area contributed by atoms with Crippen LogP contribution in [0.3, 0.4) is 0 Å². The Labute approximate surface area is 158 Å². The third kappa shape index (κ3) is 7.96. The lowest BCUT2D eigenvalue weighted by Gasteiger charge is -2.09. The first-order valence-electron chi connectivity index (χ1n) is 8.22. The van der Waals surface area contributed by atoms with Crippen LogP contribution in [0.1, 0.15) is 11.1 Å². The van der Waals surface area contributed by atoms with Crippen molar-refractivity contribution in [2.45, 2.75) is 6.92 Å². The summed E-state index contributed by atoms with van der Waals surface area (Å²) < 4.78 is 16.8. The van der Waals surface area contributed by atoms with Crippen molar-refractivity contribution in [2.24, 2.45) is 10.8 Å². The molecule has 7 heteroatoms. The smallest absolute Gasteiger partial charge is 0.184 e. The lowest BCUT2D eigenvalue weighted by Crippen LogP contribution is -2.23. The molecule has 0 aliphatic carbocycles. The highest BCUT2D eigenvalue weighted by atomic mass is 32.1. The van der Waals surface area contributed by atoms with E-state index in [1.54, 1.807) is 6.21 Å². The first-order chi connectivity index (χ1) is 12.6. The molecule has 0 spiro atoms. The second-order valence-electron chi connectivity index (χ2n) is 5.43. The molecule has 2 aromatic carbocycles. The minimum Gasteiger partial charge on any atom is -0.491 e. The SMILES string of the molecule is Cc1cccc(OCCOCCOc2cccc(/C=N\NC(N)=S)c2)c1. The molecular formula is C19H23N3O3S. The Morgan fingerprint density at radius 2 is 1.69 bits per heavy atom. The van der Waals surface area contributed by atoms with Gasteiger partial charge < -0.3 is 19.9 Å². The maximum absolute atomic E-state index is 5.66. The van der Waals surface area contributed by atoms with Crippen LogP contribution in [0.25, 0.3) is 0 Å². The van der Waals surface area contributed by atoms with Crippen LogP contribution >= 0.6 is 12.2 Å². The van der Waals surface area contributed by atoms with Gasteiger partial charge in [0.25, 0.3) is 0 Å². The molecule has 0 aliphatic rings. The molecule has 0 bridgehead atoms.